The van der Waals surface area contributed by atoms with Crippen LogP contribution in [0.4, 0.5) is 5.69 Å². The van der Waals surface area contributed by atoms with E-state index in [1.807, 2.05) is 0 Å². The lowest BCUT2D eigenvalue weighted by Crippen LogP contribution is -2.38. The van der Waals surface area contributed by atoms with Gasteiger partial charge >= 0.3 is 0 Å². The predicted octanol–water partition coefficient (Wildman–Crippen LogP) is 2.89. The predicted molar refractivity (Wildman–Crippen MR) is 85.8 cm³/mol. The fraction of sp³-hybridized carbons (Fsp3) is 0.600. The molecule has 0 spiro atoms. The van der Waals surface area contributed by atoms with E-state index in [-0.39, 0.29) is 0 Å². The number of likely N-dealkylation sites (N-methyl/N-ethyl adjacent to an activating group) is 2. The van der Waals surface area contributed by atoms with Crippen LogP contribution in [0.2, 0.25) is 0 Å². The van der Waals surface area contributed by atoms with Crippen LogP contribution in [0.15, 0.2) is 28.7 Å². The molecular weight excluding hydrogens is 302 g/mol. The number of likely N-dealkylation sites (tertiary alicyclic amines) is 1. The zero-order valence-corrected chi connectivity index (χ0v) is 13.5. The standard InChI is InChI=1S/C15H24BrN3/c1-18(12-15-4-3-10-19(15)2)11-9-17-14-7-5-13(16)6-8-14/h5-8,15,17H,3-4,9-12H2,1-2H3. The number of benzene rings is 1. The largest absolute Gasteiger partial charge is 0.384 e. The molecule has 4 heteroatoms. The molecule has 0 amide bonds. The average Bonchev–Trinajstić information content (AvgIpc) is 2.78. The van der Waals surface area contributed by atoms with Gasteiger partial charge in [-0.1, -0.05) is 15.9 Å². The highest BCUT2D eigenvalue weighted by atomic mass is 79.9. The number of halogens is 1. The van der Waals surface area contributed by atoms with E-state index in [9.17, 15) is 0 Å². The third kappa shape index (κ3) is 4.79. The Bertz CT molecular complexity index is 379. The van der Waals surface area contributed by atoms with Crippen LogP contribution in [0.5, 0.6) is 0 Å². The summed E-state index contributed by atoms with van der Waals surface area (Å²) in [5.74, 6) is 0. The van der Waals surface area contributed by atoms with Crippen LogP contribution in [0.3, 0.4) is 0 Å². The van der Waals surface area contributed by atoms with Gasteiger partial charge in [0.2, 0.25) is 0 Å². The lowest BCUT2D eigenvalue weighted by molar-refractivity contribution is 0.224. The summed E-state index contributed by atoms with van der Waals surface area (Å²) in [6, 6.07) is 9.10. The molecule has 1 aliphatic heterocycles. The smallest absolute Gasteiger partial charge is 0.0341 e. The molecule has 106 valence electrons. The van der Waals surface area contributed by atoms with Crippen molar-refractivity contribution in [2.24, 2.45) is 0 Å². The first kappa shape index (κ1) is 14.8. The molecule has 0 saturated carbocycles. The SMILES string of the molecule is CN(CCNc1ccc(Br)cc1)CC1CCCN1C. The van der Waals surface area contributed by atoms with Crippen molar-refractivity contribution < 1.29 is 0 Å². The van der Waals surface area contributed by atoms with Crippen LogP contribution in [0, 0.1) is 0 Å². The number of hydrogen-bond acceptors (Lipinski definition) is 3. The van der Waals surface area contributed by atoms with Crippen molar-refractivity contribution in [1.82, 2.24) is 9.80 Å². The molecule has 0 bridgehead atoms. The summed E-state index contributed by atoms with van der Waals surface area (Å²) in [5, 5.41) is 3.46. The summed E-state index contributed by atoms with van der Waals surface area (Å²) in [4.78, 5) is 4.91. The molecule has 0 radical (unpaired) electrons. The van der Waals surface area contributed by atoms with Gasteiger partial charge in [0.25, 0.3) is 0 Å². The highest BCUT2D eigenvalue weighted by Crippen LogP contribution is 2.16. The second-order valence-electron chi connectivity index (χ2n) is 5.47. The van der Waals surface area contributed by atoms with Crippen LogP contribution >= 0.6 is 15.9 Å². The monoisotopic (exact) mass is 325 g/mol. The number of nitrogens with one attached hydrogen (secondary N) is 1. The maximum Gasteiger partial charge on any atom is 0.0341 e. The Labute approximate surface area is 125 Å². The van der Waals surface area contributed by atoms with Gasteiger partial charge in [-0.05, 0) is 57.7 Å². The van der Waals surface area contributed by atoms with Crippen molar-refractivity contribution in [3.8, 4) is 0 Å². The van der Waals surface area contributed by atoms with E-state index in [0.717, 1.165) is 23.6 Å². The molecule has 1 aromatic carbocycles. The first-order valence-corrected chi connectivity index (χ1v) is 7.82. The zero-order chi connectivity index (χ0) is 13.7. The summed E-state index contributed by atoms with van der Waals surface area (Å²) < 4.78 is 1.12. The number of anilines is 1. The van der Waals surface area contributed by atoms with E-state index in [1.165, 1.54) is 31.6 Å². The van der Waals surface area contributed by atoms with Crippen LogP contribution in [0.1, 0.15) is 12.8 Å². The quantitative estimate of drug-likeness (QED) is 0.867. The van der Waals surface area contributed by atoms with E-state index in [1.54, 1.807) is 0 Å². The van der Waals surface area contributed by atoms with Crippen molar-refractivity contribution in [2.75, 3.05) is 45.6 Å². The summed E-state index contributed by atoms with van der Waals surface area (Å²) in [5.41, 5.74) is 1.19. The molecule has 0 aliphatic carbocycles. The van der Waals surface area contributed by atoms with Gasteiger partial charge in [-0.2, -0.15) is 0 Å². The molecule has 1 saturated heterocycles. The third-order valence-electron chi connectivity index (χ3n) is 3.86. The minimum Gasteiger partial charge on any atom is -0.384 e. The topological polar surface area (TPSA) is 18.5 Å². The van der Waals surface area contributed by atoms with E-state index in [0.29, 0.717) is 0 Å². The molecule has 1 aromatic rings. The molecule has 1 atom stereocenters. The highest BCUT2D eigenvalue weighted by Gasteiger charge is 2.21. The Morgan fingerprint density at radius 1 is 1.37 bits per heavy atom. The Kier molecular flexibility index (Phi) is 5.67. The summed E-state index contributed by atoms with van der Waals surface area (Å²) in [7, 11) is 4.46. The average molecular weight is 326 g/mol. The summed E-state index contributed by atoms with van der Waals surface area (Å²) >= 11 is 3.45. The molecule has 1 fully saturated rings. The molecule has 3 nitrogen and oxygen atoms in total. The zero-order valence-electron chi connectivity index (χ0n) is 11.9. The van der Waals surface area contributed by atoms with E-state index in [4.69, 9.17) is 0 Å². The molecule has 1 N–H and O–H groups in total. The summed E-state index contributed by atoms with van der Waals surface area (Å²) in [6.45, 7) is 4.52. The van der Waals surface area contributed by atoms with Crippen molar-refractivity contribution in [3.63, 3.8) is 0 Å². The lowest BCUT2D eigenvalue weighted by Gasteiger charge is -2.25. The molecule has 2 rings (SSSR count). The van der Waals surface area contributed by atoms with Crippen LogP contribution in [0.25, 0.3) is 0 Å². The maximum absolute atomic E-state index is 3.46. The van der Waals surface area contributed by atoms with Crippen molar-refractivity contribution in [2.45, 2.75) is 18.9 Å². The minimum atomic E-state index is 0.748. The second-order valence-corrected chi connectivity index (χ2v) is 6.39. The molecule has 1 aliphatic rings. The lowest BCUT2D eigenvalue weighted by atomic mass is 10.2. The molecule has 1 heterocycles. The van der Waals surface area contributed by atoms with E-state index in [2.05, 4.69) is 69.4 Å². The Balaban J connectivity index is 1.66. The van der Waals surface area contributed by atoms with Crippen LogP contribution in [-0.4, -0.2) is 56.1 Å². The molecule has 19 heavy (non-hydrogen) atoms. The van der Waals surface area contributed by atoms with Gasteiger partial charge in [0.1, 0.15) is 0 Å². The normalized spacial score (nSPS) is 20.1. The van der Waals surface area contributed by atoms with Gasteiger partial charge in [-0.15, -0.1) is 0 Å². The van der Waals surface area contributed by atoms with E-state index >= 15 is 0 Å². The number of nitrogens with zero attached hydrogens (tertiary/aromatic N) is 2. The third-order valence-corrected chi connectivity index (χ3v) is 4.39. The van der Waals surface area contributed by atoms with Crippen LogP contribution < -0.4 is 5.32 Å². The fourth-order valence-corrected chi connectivity index (χ4v) is 2.88. The van der Waals surface area contributed by atoms with Crippen molar-refractivity contribution >= 4 is 21.6 Å². The van der Waals surface area contributed by atoms with Gasteiger partial charge in [-0.3, -0.25) is 0 Å². The minimum absolute atomic E-state index is 0.748. The Morgan fingerprint density at radius 3 is 2.74 bits per heavy atom. The first-order valence-electron chi connectivity index (χ1n) is 7.03. The Morgan fingerprint density at radius 2 is 2.11 bits per heavy atom. The second kappa shape index (κ2) is 7.27. The molecular formula is C15H24BrN3. The highest BCUT2D eigenvalue weighted by molar-refractivity contribution is 9.10. The fourth-order valence-electron chi connectivity index (χ4n) is 2.62. The Hall–Kier alpha value is -0.580. The van der Waals surface area contributed by atoms with Crippen molar-refractivity contribution in [3.05, 3.63) is 28.7 Å². The molecule has 1 unspecified atom stereocenters. The van der Waals surface area contributed by atoms with Gasteiger partial charge in [0.05, 0.1) is 0 Å². The van der Waals surface area contributed by atoms with Crippen LogP contribution in [-0.2, 0) is 0 Å². The van der Waals surface area contributed by atoms with Gasteiger partial charge in [0, 0.05) is 35.8 Å². The van der Waals surface area contributed by atoms with Crippen molar-refractivity contribution in [1.29, 1.82) is 0 Å². The molecule has 0 aromatic heterocycles. The van der Waals surface area contributed by atoms with E-state index < -0.39 is 0 Å². The number of hydrogen-bond donors (Lipinski definition) is 1. The number of rotatable bonds is 6. The summed E-state index contributed by atoms with van der Waals surface area (Å²) in [6.07, 6.45) is 2.70. The maximum atomic E-state index is 3.46. The first-order chi connectivity index (χ1) is 9.15. The van der Waals surface area contributed by atoms with Gasteiger partial charge in [-0.25, -0.2) is 0 Å². The van der Waals surface area contributed by atoms with Gasteiger partial charge < -0.3 is 15.1 Å². The van der Waals surface area contributed by atoms with Gasteiger partial charge in [0.15, 0.2) is 0 Å².